The minimum Gasteiger partial charge on any atom is -0.357 e. The Labute approximate surface area is 145 Å². The predicted molar refractivity (Wildman–Crippen MR) is 99.2 cm³/mol. The Hall–Kier alpha value is -2.04. The van der Waals surface area contributed by atoms with Gasteiger partial charge in [-0.2, -0.15) is 0 Å². The number of carbonyl (C=O) groups is 1. The molecule has 0 aliphatic carbocycles. The highest BCUT2D eigenvalue weighted by molar-refractivity contribution is 5.81. The number of aliphatic imine (C=N–C) groups is 1. The topological polar surface area (TPSA) is 56.7 Å². The van der Waals surface area contributed by atoms with Crippen LogP contribution in [0, 0.1) is 0 Å². The molecule has 1 aromatic carbocycles. The maximum absolute atomic E-state index is 12.0. The molecule has 132 valence electrons. The maximum atomic E-state index is 12.0. The van der Waals surface area contributed by atoms with Crippen LogP contribution >= 0.6 is 0 Å². The van der Waals surface area contributed by atoms with Gasteiger partial charge in [-0.1, -0.05) is 30.3 Å². The van der Waals surface area contributed by atoms with Crippen LogP contribution in [-0.2, 0) is 11.2 Å². The van der Waals surface area contributed by atoms with Crippen LogP contribution in [0.4, 0.5) is 0 Å². The number of likely N-dealkylation sites (tertiary alicyclic amines) is 1. The fourth-order valence-electron chi connectivity index (χ4n) is 2.87. The standard InChI is InChI=1S/C19H30N4O/c1-2-20-19(21-13-8-11-17-9-4-3-5-10-17)22-14-12-18(24)23-15-6-7-16-23/h3-5,9-10H,2,6-8,11-16H2,1H3,(H2,20,21,22). The molecule has 0 spiro atoms. The van der Waals surface area contributed by atoms with Gasteiger partial charge in [0.2, 0.25) is 5.91 Å². The van der Waals surface area contributed by atoms with Crippen LogP contribution in [0.2, 0.25) is 0 Å². The van der Waals surface area contributed by atoms with E-state index in [1.807, 2.05) is 11.0 Å². The van der Waals surface area contributed by atoms with Crippen LogP contribution in [0.25, 0.3) is 0 Å². The molecule has 1 heterocycles. The first-order chi connectivity index (χ1) is 11.8. The van der Waals surface area contributed by atoms with Gasteiger partial charge in [-0.25, -0.2) is 0 Å². The van der Waals surface area contributed by atoms with Gasteiger partial charge in [0.1, 0.15) is 0 Å². The summed E-state index contributed by atoms with van der Waals surface area (Å²) in [7, 11) is 0. The normalized spacial score (nSPS) is 14.7. The number of amides is 1. The molecule has 1 amide bonds. The summed E-state index contributed by atoms with van der Waals surface area (Å²) < 4.78 is 0. The number of rotatable bonds is 8. The minimum atomic E-state index is 0.250. The molecule has 0 bridgehead atoms. The molecule has 5 nitrogen and oxygen atoms in total. The van der Waals surface area contributed by atoms with E-state index in [1.54, 1.807) is 0 Å². The zero-order valence-electron chi connectivity index (χ0n) is 14.8. The van der Waals surface area contributed by atoms with E-state index in [2.05, 4.69) is 46.8 Å². The van der Waals surface area contributed by atoms with Gasteiger partial charge in [-0.15, -0.1) is 0 Å². The molecule has 0 saturated carbocycles. The molecule has 1 fully saturated rings. The summed E-state index contributed by atoms with van der Waals surface area (Å²) in [6.45, 7) is 6.14. The SMILES string of the molecule is CCNC(=NCCCc1ccccc1)NCCC(=O)N1CCCC1. The van der Waals surface area contributed by atoms with Gasteiger partial charge in [-0.3, -0.25) is 9.79 Å². The van der Waals surface area contributed by atoms with Gasteiger partial charge >= 0.3 is 0 Å². The lowest BCUT2D eigenvalue weighted by Gasteiger charge is -2.16. The molecule has 0 unspecified atom stereocenters. The van der Waals surface area contributed by atoms with E-state index in [1.165, 1.54) is 5.56 Å². The van der Waals surface area contributed by atoms with Crippen LogP contribution in [0.1, 0.15) is 38.2 Å². The van der Waals surface area contributed by atoms with Gasteiger partial charge in [0.05, 0.1) is 0 Å². The maximum Gasteiger partial charge on any atom is 0.224 e. The van der Waals surface area contributed by atoms with Gasteiger partial charge < -0.3 is 15.5 Å². The Bertz CT molecular complexity index is 509. The van der Waals surface area contributed by atoms with Crippen molar-refractivity contribution >= 4 is 11.9 Å². The van der Waals surface area contributed by atoms with E-state index in [0.29, 0.717) is 13.0 Å². The highest BCUT2D eigenvalue weighted by Crippen LogP contribution is 2.08. The zero-order chi connectivity index (χ0) is 17.0. The van der Waals surface area contributed by atoms with Crippen LogP contribution < -0.4 is 10.6 Å². The fraction of sp³-hybridized carbons (Fsp3) is 0.579. The third kappa shape index (κ3) is 6.60. The third-order valence-electron chi connectivity index (χ3n) is 4.17. The number of guanidine groups is 1. The summed E-state index contributed by atoms with van der Waals surface area (Å²) in [4.78, 5) is 18.6. The van der Waals surface area contributed by atoms with Crippen LogP contribution in [-0.4, -0.2) is 49.5 Å². The smallest absolute Gasteiger partial charge is 0.224 e. The van der Waals surface area contributed by atoms with Gasteiger partial charge in [-0.05, 0) is 38.2 Å². The van der Waals surface area contributed by atoms with E-state index in [0.717, 1.165) is 57.8 Å². The second-order valence-electron chi connectivity index (χ2n) is 6.11. The van der Waals surface area contributed by atoms with E-state index >= 15 is 0 Å². The highest BCUT2D eigenvalue weighted by Gasteiger charge is 2.17. The first-order valence-corrected chi connectivity index (χ1v) is 9.13. The van der Waals surface area contributed by atoms with Crippen molar-refractivity contribution in [2.24, 2.45) is 4.99 Å². The molecule has 1 saturated heterocycles. The Kier molecular flexibility index (Phi) is 8.15. The molecule has 24 heavy (non-hydrogen) atoms. The van der Waals surface area contributed by atoms with Crippen molar-refractivity contribution in [2.45, 2.75) is 39.0 Å². The summed E-state index contributed by atoms with van der Waals surface area (Å²) in [5.41, 5.74) is 1.35. The molecule has 0 aromatic heterocycles. The summed E-state index contributed by atoms with van der Waals surface area (Å²) >= 11 is 0. The van der Waals surface area contributed by atoms with E-state index in [9.17, 15) is 4.79 Å². The largest absolute Gasteiger partial charge is 0.357 e. The molecule has 5 heteroatoms. The predicted octanol–water partition coefficient (Wildman–Crippen LogP) is 2.19. The third-order valence-corrected chi connectivity index (χ3v) is 4.17. The van der Waals surface area contributed by atoms with Crippen LogP contribution in [0.3, 0.4) is 0 Å². The molecule has 1 aliphatic heterocycles. The quantitative estimate of drug-likeness (QED) is 0.436. The first kappa shape index (κ1) is 18.3. The number of benzene rings is 1. The van der Waals surface area contributed by atoms with E-state index < -0.39 is 0 Å². The second kappa shape index (κ2) is 10.7. The Balaban J connectivity index is 1.67. The second-order valence-corrected chi connectivity index (χ2v) is 6.11. The van der Waals surface area contributed by atoms with Crippen LogP contribution in [0.15, 0.2) is 35.3 Å². The average molecular weight is 330 g/mol. The highest BCUT2D eigenvalue weighted by atomic mass is 16.2. The minimum absolute atomic E-state index is 0.250. The summed E-state index contributed by atoms with van der Waals surface area (Å²) in [5, 5.41) is 6.50. The number of nitrogens with zero attached hydrogens (tertiary/aromatic N) is 2. The van der Waals surface area contributed by atoms with Gasteiger partial charge in [0.25, 0.3) is 0 Å². The fourth-order valence-corrected chi connectivity index (χ4v) is 2.87. The first-order valence-electron chi connectivity index (χ1n) is 9.13. The van der Waals surface area contributed by atoms with Crippen molar-refractivity contribution in [3.63, 3.8) is 0 Å². The number of aryl methyl sites for hydroxylation is 1. The monoisotopic (exact) mass is 330 g/mol. The van der Waals surface area contributed by atoms with Crippen molar-refractivity contribution < 1.29 is 4.79 Å². The van der Waals surface area contributed by atoms with Crippen molar-refractivity contribution in [1.29, 1.82) is 0 Å². The van der Waals surface area contributed by atoms with Crippen molar-refractivity contribution in [3.8, 4) is 0 Å². The van der Waals surface area contributed by atoms with Crippen molar-refractivity contribution in [3.05, 3.63) is 35.9 Å². The lowest BCUT2D eigenvalue weighted by atomic mass is 10.1. The zero-order valence-corrected chi connectivity index (χ0v) is 14.8. The molecule has 0 radical (unpaired) electrons. The number of hydrogen-bond donors (Lipinski definition) is 2. The molecular weight excluding hydrogens is 300 g/mol. The molecule has 0 atom stereocenters. The lowest BCUT2D eigenvalue weighted by Crippen LogP contribution is -2.39. The Morgan fingerprint density at radius 3 is 2.62 bits per heavy atom. The van der Waals surface area contributed by atoms with Gasteiger partial charge in [0.15, 0.2) is 5.96 Å². The molecule has 1 aromatic rings. The summed E-state index contributed by atoms with van der Waals surface area (Å²) in [5.74, 6) is 1.06. The number of hydrogen-bond acceptors (Lipinski definition) is 2. The summed E-state index contributed by atoms with van der Waals surface area (Å²) in [6.07, 6.45) is 4.88. The Morgan fingerprint density at radius 2 is 1.92 bits per heavy atom. The van der Waals surface area contributed by atoms with Crippen molar-refractivity contribution in [1.82, 2.24) is 15.5 Å². The lowest BCUT2D eigenvalue weighted by molar-refractivity contribution is -0.129. The molecule has 1 aliphatic rings. The Morgan fingerprint density at radius 1 is 1.17 bits per heavy atom. The average Bonchev–Trinajstić information content (AvgIpc) is 3.14. The molecule has 2 N–H and O–H groups in total. The van der Waals surface area contributed by atoms with E-state index in [4.69, 9.17) is 0 Å². The van der Waals surface area contributed by atoms with Gasteiger partial charge in [0, 0.05) is 39.1 Å². The number of nitrogens with one attached hydrogen (secondary N) is 2. The summed E-state index contributed by atoms with van der Waals surface area (Å²) in [6, 6.07) is 10.5. The van der Waals surface area contributed by atoms with E-state index in [-0.39, 0.29) is 5.91 Å². The molecule has 2 rings (SSSR count). The number of carbonyl (C=O) groups excluding carboxylic acids is 1. The van der Waals surface area contributed by atoms with Crippen LogP contribution in [0.5, 0.6) is 0 Å². The molecular formula is C19H30N4O. The van der Waals surface area contributed by atoms with Crippen molar-refractivity contribution in [2.75, 3.05) is 32.7 Å².